The topological polar surface area (TPSA) is 35.5 Å². The fourth-order valence-electron chi connectivity index (χ4n) is 1.68. The molecular weight excluding hydrogens is 360 g/mol. The van der Waals surface area contributed by atoms with Crippen molar-refractivity contribution in [2.75, 3.05) is 13.2 Å². The van der Waals surface area contributed by atoms with Gasteiger partial charge in [0.1, 0.15) is 0 Å². The molecule has 0 N–H and O–H groups in total. The summed E-state index contributed by atoms with van der Waals surface area (Å²) < 4.78 is 61.6. The highest BCUT2D eigenvalue weighted by Gasteiger charge is 2.36. The van der Waals surface area contributed by atoms with Crippen molar-refractivity contribution in [1.29, 1.82) is 0 Å². The van der Waals surface area contributed by atoms with E-state index in [0.29, 0.717) is 4.47 Å². The maximum atomic E-state index is 13.0. The first-order chi connectivity index (χ1) is 9.22. The Morgan fingerprint density at radius 3 is 2.20 bits per heavy atom. The van der Waals surface area contributed by atoms with Gasteiger partial charge in [-0.25, -0.2) is 0 Å². The molecule has 8 heteroatoms. The smallest absolute Gasteiger partial charge is 0.309 e. The quantitative estimate of drug-likeness (QED) is 0.639. The number of halogens is 4. The molecule has 0 saturated carbocycles. The van der Waals surface area contributed by atoms with Crippen molar-refractivity contribution in [1.82, 2.24) is 0 Å². The van der Waals surface area contributed by atoms with Crippen LogP contribution in [-0.2, 0) is 26.0 Å². The van der Waals surface area contributed by atoms with Crippen LogP contribution in [0.5, 0.6) is 0 Å². The summed E-state index contributed by atoms with van der Waals surface area (Å²) in [5, 5.41) is 0. The Labute approximate surface area is 124 Å². The van der Waals surface area contributed by atoms with Gasteiger partial charge in [0.05, 0.1) is 24.9 Å². The fraction of sp³-hybridized carbons (Fsp3) is 0.500. The third-order valence-corrected chi connectivity index (χ3v) is 4.92. The highest BCUT2D eigenvalue weighted by Crippen LogP contribution is 2.52. The Hall–Kier alpha value is -0.360. The second-order valence-electron chi connectivity index (χ2n) is 3.90. The van der Waals surface area contributed by atoms with E-state index >= 15 is 0 Å². The normalized spacial score (nSPS) is 12.7. The van der Waals surface area contributed by atoms with Gasteiger partial charge in [-0.1, -0.05) is 22.0 Å². The molecule has 0 fully saturated rings. The predicted molar refractivity (Wildman–Crippen MR) is 73.7 cm³/mol. The molecule has 3 nitrogen and oxygen atoms in total. The Morgan fingerprint density at radius 2 is 1.75 bits per heavy atom. The highest BCUT2D eigenvalue weighted by molar-refractivity contribution is 9.10. The molecule has 0 unspecified atom stereocenters. The van der Waals surface area contributed by atoms with Gasteiger partial charge in [-0.05, 0) is 31.5 Å². The first-order valence-corrected chi connectivity index (χ1v) is 8.47. The van der Waals surface area contributed by atoms with E-state index in [-0.39, 0.29) is 18.8 Å². The number of alkyl halides is 3. The monoisotopic (exact) mass is 374 g/mol. The van der Waals surface area contributed by atoms with Gasteiger partial charge in [-0.3, -0.25) is 4.57 Å². The van der Waals surface area contributed by atoms with Gasteiger partial charge in [0, 0.05) is 4.47 Å². The van der Waals surface area contributed by atoms with E-state index in [0.717, 1.165) is 6.07 Å². The van der Waals surface area contributed by atoms with Gasteiger partial charge in [-0.15, -0.1) is 0 Å². The lowest BCUT2D eigenvalue weighted by Gasteiger charge is -2.19. The van der Waals surface area contributed by atoms with Crippen LogP contribution in [0, 0.1) is 0 Å². The first kappa shape index (κ1) is 17.7. The number of benzene rings is 1. The van der Waals surface area contributed by atoms with Gasteiger partial charge < -0.3 is 9.05 Å². The number of hydrogen-bond donors (Lipinski definition) is 0. The molecule has 0 atom stereocenters. The van der Waals surface area contributed by atoms with E-state index in [4.69, 9.17) is 9.05 Å². The number of rotatable bonds is 6. The van der Waals surface area contributed by atoms with Crippen molar-refractivity contribution < 1.29 is 26.8 Å². The van der Waals surface area contributed by atoms with Crippen LogP contribution in [0.25, 0.3) is 0 Å². The van der Waals surface area contributed by atoms with Crippen LogP contribution >= 0.6 is 23.5 Å². The highest BCUT2D eigenvalue weighted by atomic mass is 79.9. The van der Waals surface area contributed by atoms with E-state index in [1.54, 1.807) is 13.8 Å². The van der Waals surface area contributed by atoms with Gasteiger partial charge >= 0.3 is 13.8 Å². The molecule has 0 amide bonds. The SMILES string of the molecule is CCOP(=O)(Cc1ccc(Br)cc1C(F)(F)F)OCC. The molecule has 0 spiro atoms. The zero-order chi connectivity index (χ0) is 15.4. The largest absolute Gasteiger partial charge is 0.416 e. The molecular formula is C12H15BrF3O3P. The first-order valence-electron chi connectivity index (χ1n) is 5.95. The molecule has 0 bridgehead atoms. The Balaban J connectivity index is 3.16. The van der Waals surface area contributed by atoms with Crippen LogP contribution in [-0.4, -0.2) is 13.2 Å². The minimum atomic E-state index is -4.53. The molecule has 20 heavy (non-hydrogen) atoms. The van der Waals surface area contributed by atoms with Crippen LogP contribution in [0.3, 0.4) is 0 Å². The van der Waals surface area contributed by atoms with E-state index in [9.17, 15) is 17.7 Å². The van der Waals surface area contributed by atoms with Gasteiger partial charge in [0.2, 0.25) is 0 Å². The van der Waals surface area contributed by atoms with Crippen molar-refractivity contribution in [2.45, 2.75) is 26.2 Å². The van der Waals surface area contributed by atoms with Gasteiger partial charge in [0.25, 0.3) is 0 Å². The standard InChI is InChI=1S/C12H15BrF3O3P/c1-3-18-20(17,19-4-2)8-9-5-6-10(13)7-11(9)12(14,15)16/h5-7H,3-4,8H2,1-2H3. The minimum absolute atomic E-state index is 0.106. The van der Waals surface area contributed by atoms with E-state index in [2.05, 4.69) is 15.9 Å². The second kappa shape index (κ2) is 7.07. The van der Waals surface area contributed by atoms with Crippen LogP contribution < -0.4 is 0 Å². The predicted octanol–water partition coefficient (Wildman–Crippen LogP) is 5.23. The van der Waals surface area contributed by atoms with Gasteiger partial charge in [0.15, 0.2) is 0 Å². The molecule has 0 aliphatic rings. The average Bonchev–Trinajstić information content (AvgIpc) is 2.30. The molecule has 0 aliphatic carbocycles. The molecule has 1 aromatic rings. The second-order valence-corrected chi connectivity index (χ2v) is 6.87. The third kappa shape index (κ3) is 4.88. The molecule has 1 aromatic carbocycles. The fourth-order valence-corrected chi connectivity index (χ4v) is 3.78. The third-order valence-electron chi connectivity index (χ3n) is 2.39. The van der Waals surface area contributed by atoms with E-state index in [1.807, 2.05) is 0 Å². The summed E-state index contributed by atoms with van der Waals surface area (Å²) >= 11 is 3.00. The van der Waals surface area contributed by atoms with Crippen LogP contribution in [0.1, 0.15) is 25.0 Å². The van der Waals surface area contributed by atoms with Crippen LogP contribution in [0.2, 0.25) is 0 Å². The summed E-state index contributed by atoms with van der Waals surface area (Å²) in [4.78, 5) is 0. The summed E-state index contributed by atoms with van der Waals surface area (Å²) in [5.41, 5.74) is -0.947. The van der Waals surface area contributed by atoms with E-state index in [1.165, 1.54) is 12.1 Å². The van der Waals surface area contributed by atoms with Crippen molar-refractivity contribution in [2.24, 2.45) is 0 Å². The molecule has 0 aliphatic heterocycles. The van der Waals surface area contributed by atoms with Crippen molar-refractivity contribution in [3.63, 3.8) is 0 Å². The summed E-state index contributed by atoms with van der Waals surface area (Å²) in [7, 11) is -3.57. The van der Waals surface area contributed by atoms with Gasteiger partial charge in [-0.2, -0.15) is 13.2 Å². The van der Waals surface area contributed by atoms with Crippen molar-refractivity contribution >= 4 is 23.5 Å². The minimum Gasteiger partial charge on any atom is -0.309 e. The number of hydrogen-bond acceptors (Lipinski definition) is 3. The van der Waals surface area contributed by atoms with E-state index < -0.39 is 25.5 Å². The molecule has 1 rings (SSSR count). The lowest BCUT2D eigenvalue weighted by atomic mass is 10.1. The summed E-state index contributed by atoms with van der Waals surface area (Å²) in [5.74, 6) is 0. The Bertz CT molecular complexity index is 495. The average molecular weight is 375 g/mol. The molecule has 0 saturated heterocycles. The zero-order valence-corrected chi connectivity index (χ0v) is 13.5. The zero-order valence-electron chi connectivity index (χ0n) is 11.0. The molecule has 0 heterocycles. The lowest BCUT2D eigenvalue weighted by molar-refractivity contribution is -0.138. The van der Waals surface area contributed by atoms with Crippen molar-refractivity contribution in [3.05, 3.63) is 33.8 Å². The Kier molecular flexibility index (Phi) is 6.25. The summed E-state index contributed by atoms with van der Waals surface area (Å²) in [6.45, 7) is 3.43. The maximum absolute atomic E-state index is 13.0. The molecule has 0 aromatic heterocycles. The van der Waals surface area contributed by atoms with Crippen LogP contribution in [0.4, 0.5) is 13.2 Å². The maximum Gasteiger partial charge on any atom is 0.416 e. The molecule has 0 radical (unpaired) electrons. The Morgan fingerprint density at radius 1 is 1.20 bits per heavy atom. The summed E-state index contributed by atoms with van der Waals surface area (Å²) in [6, 6.07) is 3.70. The molecule has 114 valence electrons. The summed E-state index contributed by atoms with van der Waals surface area (Å²) in [6.07, 6.45) is -4.93. The van der Waals surface area contributed by atoms with Crippen molar-refractivity contribution in [3.8, 4) is 0 Å². The lowest BCUT2D eigenvalue weighted by Crippen LogP contribution is -2.10. The van der Waals surface area contributed by atoms with Crippen LogP contribution in [0.15, 0.2) is 22.7 Å².